The predicted octanol–water partition coefficient (Wildman–Crippen LogP) is 6.03. The van der Waals surface area contributed by atoms with Gasteiger partial charge in [0.2, 0.25) is 5.91 Å². The third-order valence-corrected chi connectivity index (χ3v) is 7.92. The molecule has 0 aromatic heterocycles. The van der Waals surface area contributed by atoms with Crippen molar-refractivity contribution in [3.05, 3.63) is 58.7 Å². The average molecular weight is 479 g/mol. The number of anilines is 1. The molecular weight excluding hydrogens is 440 g/mol. The van der Waals surface area contributed by atoms with Gasteiger partial charge in [-0.25, -0.2) is 0 Å². The van der Waals surface area contributed by atoms with Crippen LogP contribution in [0.3, 0.4) is 0 Å². The first-order valence-electron chi connectivity index (χ1n) is 12.7. The Balaban J connectivity index is 1.77. The Morgan fingerprint density at radius 2 is 1.97 bits per heavy atom. The second-order valence-corrected chi connectivity index (χ2v) is 10.6. The molecule has 1 amide bonds. The van der Waals surface area contributed by atoms with E-state index in [4.69, 9.17) is 23.8 Å². The van der Waals surface area contributed by atoms with Gasteiger partial charge in [-0.15, -0.1) is 12.6 Å². The summed E-state index contributed by atoms with van der Waals surface area (Å²) in [5, 5.41) is 11.0. The largest absolute Gasteiger partial charge is 0.384 e. The number of amides is 1. The summed E-state index contributed by atoms with van der Waals surface area (Å²) < 4.78 is 0. The van der Waals surface area contributed by atoms with E-state index in [0.29, 0.717) is 30.1 Å². The van der Waals surface area contributed by atoms with Crippen molar-refractivity contribution in [1.29, 1.82) is 5.41 Å². The van der Waals surface area contributed by atoms with Gasteiger partial charge in [0.25, 0.3) is 0 Å². The van der Waals surface area contributed by atoms with Crippen molar-refractivity contribution < 1.29 is 4.79 Å². The Labute approximate surface area is 209 Å². The van der Waals surface area contributed by atoms with Crippen LogP contribution in [0.2, 0.25) is 0 Å². The lowest BCUT2D eigenvalue weighted by Crippen LogP contribution is -2.46. The first-order valence-corrected chi connectivity index (χ1v) is 13.1. The fourth-order valence-corrected chi connectivity index (χ4v) is 6.21. The number of fused-ring (bicyclic) bond motifs is 1. The smallest absolute Gasteiger partial charge is 0.232 e. The van der Waals surface area contributed by atoms with Crippen molar-refractivity contribution >= 4 is 30.1 Å². The maximum Gasteiger partial charge on any atom is 0.232 e. The van der Waals surface area contributed by atoms with Gasteiger partial charge in [0.05, 0.1) is 5.92 Å². The number of hydrogen-bond donors (Lipinski definition) is 4. The summed E-state index contributed by atoms with van der Waals surface area (Å²) in [6.45, 7) is 6.98. The van der Waals surface area contributed by atoms with E-state index in [1.807, 2.05) is 30.3 Å². The molecular formula is C28H38N4OS. The highest BCUT2D eigenvalue weighted by Gasteiger charge is 2.36. The number of rotatable bonds is 7. The van der Waals surface area contributed by atoms with Crippen molar-refractivity contribution in [3.63, 3.8) is 0 Å². The van der Waals surface area contributed by atoms with Gasteiger partial charge in [-0.2, -0.15) is 0 Å². The molecule has 6 heteroatoms. The molecule has 2 aliphatic rings. The lowest BCUT2D eigenvalue weighted by atomic mass is 9.81. The van der Waals surface area contributed by atoms with Crippen LogP contribution in [0.1, 0.15) is 93.5 Å². The number of amidine groups is 1. The second kappa shape index (κ2) is 10.5. The number of benzene rings is 2. The molecule has 2 aromatic carbocycles. The molecule has 2 heterocycles. The minimum atomic E-state index is -0.306. The number of carbonyl (C=O) groups is 1. The van der Waals surface area contributed by atoms with E-state index in [9.17, 15) is 4.79 Å². The standard InChI is InChI=1S/C28H38N4OS/c1-4-5-12-26(32-17(2)8-6-9-18(32)3)24-14-21(34)15-25-23(24)16-22(28(33)31-25)19-10-7-11-20(13-19)27(29)30/h7,10-11,13-15,17-18,22,26,34H,4-6,8-9,12,16H2,1-3H3,(H3,29,30)(H,31,33). The number of nitrogen functional groups attached to an aromatic ring is 1. The molecule has 0 bridgehead atoms. The SMILES string of the molecule is CCCCC(c1cc(S)cc2c1CC(c1cccc(C(=N)N)c1)C(=O)N2)N1C(C)CCCC1C. The van der Waals surface area contributed by atoms with Gasteiger partial charge in [0.1, 0.15) is 5.84 Å². The first kappa shape index (κ1) is 24.8. The molecule has 4 rings (SSSR count). The summed E-state index contributed by atoms with van der Waals surface area (Å²) >= 11 is 4.73. The van der Waals surface area contributed by atoms with Crippen LogP contribution in [0.15, 0.2) is 41.3 Å². The van der Waals surface area contributed by atoms with Gasteiger partial charge in [-0.3, -0.25) is 15.1 Å². The zero-order valence-corrected chi connectivity index (χ0v) is 21.5. The van der Waals surface area contributed by atoms with E-state index in [2.05, 4.69) is 37.1 Å². The Morgan fingerprint density at radius 3 is 2.65 bits per heavy atom. The molecule has 34 heavy (non-hydrogen) atoms. The summed E-state index contributed by atoms with van der Waals surface area (Å²) in [6, 6.07) is 13.2. The third-order valence-electron chi connectivity index (χ3n) is 7.66. The topological polar surface area (TPSA) is 82.2 Å². The number of likely N-dealkylation sites (tertiary alicyclic amines) is 1. The molecule has 1 saturated heterocycles. The lowest BCUT2D eigenvalue weighted by molar-refractivity contribution is -0.117. The molecule has 0 saturated carbocycles. The zero-order chi connectivity index (χ0) is 24.4. The molecule has 0 spiro atoms. The second-order valence-electron chi connectivity index (χ2n) is 10.1. The van der Waals surface area contributed by atoms with Crippen molar-refractivity contribution in [2.45, 2.75) is 94.7 Å². The fourth-order valence-electron chi connectivity index (χ4n) is 5.94. The van der Waals surface area contributed by atoms with Crippen LogP contribution in [-0.4, -0.2) is 28.7 Å². The Morgan fingerprint density at radius 1 is 1.24 bits per heavy atom. The quantitative estimate of drug-likeness (QED) is 0.223. The summed E-state index contributed by atoms with van der Waals surface area (Å²) in [4.78, 5) is 16.8. The molecule has 2 aliphatic heterocycles. The molecule has 4 N–H and O–H groups in total. The molecule has 4 unspecified atom stereocenters. The highest BCUT2D eigenvalue weighted by molar-refractivity contribution is 7.80. The number of hydrogen-bond acceptors (Lipinski definition) is 4. The molecule has 5 nitrogen and oxygen atoms in total. The molecule has 0 aliphatic carbocycles. The Kier molecular flexibility index (Phi) is 7.68. The van der Waals surface area contributed by atoms with E-state index < -0.39 is 0 Å². The van der Waals surface area contributed by atoms with Crippen LogP contribution in [0.5, 0.6) is 0 Å². The van der Waals surface area contributed by atoms with Crippen LogP contribution in [0, 0.1) is 5.41 Å². The predicted molar refractivity (Wildman–Crippen MR) is 143 cm³/mol. The number of nitrogens with two attached hydrogens (primary N) is 1. The van der Waals surface area contributed by atoms with Crippen LogP contribution < -0.4 is 11.1 Å². The summed E-state index contributed by atoms with van der Waals surface area (Å²) in [7, 11) is 0. The van der Waals surface area contributed by atoms with Gasteiger partial charge in [0, 0.05) is 34.3 Å². The summed E-state index contributed by atoms with van der Waals surface area (Å²) in [6.07, 6.45) is 7.82. The molecule has 182 valence electrons. The van der Waals surface area contributed by atoms with Crippen LogP contribution in [0.4, 0.5) is 5.69 Å². The first-order chi connectivity index (χ1) is 16.3. The van der Waals surface area contributed by atoms with E-state index >= 15 is 0 Å². The molecule has 1 fully saturated rings. The number of unbranched alkanes of at least 4 members (excludes halogenated alkanes) is 1. The van der Waals surface area contributed by atoms with Gasteiger partial charge < -0.3 is 11.1 Å². The maximum atomic E-state index is 13.2. The Bertz CT molecular complexity index is 1060. The number of thiol groups is 1. The monoisotopic (exact) mass is 478 g/mol. The number of nitrogens with one attached hydrogen (secondary N) is 2. The van der Waals surface area contributed by atoms with Crippen molar-refractivity contribution in [2.75, 3.05) is 5.32 Å². The van der Waals surface area contributed by atoms with Crippen molar-refractivity contribution in [2.24, 2.45) is 5.73 Å². The van der Waals surface area contributed by atoms with Crippen molar-refractivity contribution in [1.82, 2.24) is 4.90 Å². The van der Waals surface area contributed by atoms with E-state index in [1.54, 1.807) is 0 Å². The van der Waals surface area contributed by atoms with E-state index in [1.165, 1.54) is 36.8 Å². The van der Waals surface area contributed by atoms with Crippen LogP contribution >= 0.6 is 12.6 Å². The number of piperidine rings is 1. The number of carbonyl (C=O) groups excluding carboxylic acids is 1. The maximum absolute atomic E-state index is 13.2. The van der Waals surface area contributed by atoms with E-state index in [0.717, 1.165) is 29.0 Å². The minimum absolute atomic E-state index is 0.0112. The average Bonchev–Trinajstić information content (AvgIpc) is 2.80. The lowest BCUT2D eigenvalue weighted by Gasteiger charge is -2.45. The summed E-state index contributed by atoms with van der Waals surface area (Å²) in [5.41, 5.74) is 10.7. The molecule has 4 atom stereocenters. The van der Waals surface area contributed by atoms with Crippen LogP contribution in [-0.2, 0) is 11.2 Å². The normalized spacial score (nSPS) is 23.8. The molecule has 0 radical (unpaired) electrons. The van der Waals surface area contributed by atoms with E-state index in [-0.39, 0.29) is 17.7 Å². The van der Waals surface area contributed by atoms with Gasteiger partial charge in [0.15, 0.2) is 0 Å². The van der Waals surface area contributed by atoms with Gasteiger partial charge >= 0.3 is 0 Å². The van der Waals surface area contributed by atoms with Crippen LogP contribution in [0.25, 0.3) is 0 Å². The highest BCUT2D eigenvalue weighted by atomic mass is 32.1. The zero-order valence-electron chi connectivity index (χ0n) is 20.6. The minimum Gasteiger partial charge on any atom is -0.384 e. The highest BCUT2D eigenvalue weighted by Crippen LogP contribution is 2.43. The van der Waals surface area contributed by atoms with Gasteiger partial charge in [-0.1, -0.05) is 44.4 Å². The fraction of sp³-hybridized carbons (Fsp3) is 0.500. The number of nitrogens with zero attached hydrogens (tertiary/aromatic N) is 1. The summed E-state index contributed by atoms with van der Waals surface area (Å²) in [5.74, 6) is -0.297. The van der Waals surface area contributed by atoms with Gasteiger partial charge in [-0.05, 0) is 74.4 Å². The Hall–Kier alpha value is -2.31. The third kappa shape index (κ3) is 5.03. The van der Waals surface area contributed by atoms with Crippen molar-refractivity contribution in [3.8, 4) is 0 Å². The molecule has 2 aromatic rings.